The Labute approximate surface area is 105 Å². The van der Waals surface area contributed by atoms with Crippen molar-refractivity contribution in [3.05, 3.63) is 28.8 Å². The predicted molar refractivity (Wildman–Crippen MR) is 69.4 cm³/mol. The second-order valence-corrected chi connectivity index (χ2v) is 4.24. The minimum absolute atomic E-state index is 0.523. The zero-order valence-electron chi connectivity index (χ0n) is 9.99. The molecule has 1 heterocycles. The van der Waals surface area contributed by atoms with E-state index in [1.807, 2.05) is 26.1 Å². The number of ether oxygens (including phenoxy) is 1. The summed E-state index contributed by atoms with van der Waals surface area (Å²) in [6.45, 7) is 1.93. The fraction of sp³-hybridized carbons (Fsp3) is 0.250. The lowest BCUT2D eigenvalue weighted by Crippen LogP contribution is -1.95. The highest BCUT2D eigenvalue weighted by Crippen LogP contribution is 2.34. The van der Waals surface area contributed by atoms with Crippen LogP contribution in [0.4, 0.5) is 5.82 Å². The van der Waals surface area contributed by atoms with Gasteiger partial charge in [0.15, 0.2) is 0 Å². The van der Waals surface area contributed by atoms with Gasteiger partial charge < -0.3 is 10.5 Å². The summed E-state index contributed by atoms with van der Waals surface area (Å²) >= 11 is 6.23. The van der Waals surface area contributed by atoms with Crippen LogP contribution >= 0.6 is 11.6 Å². The molecule has 17 heavy (non-hydrogen) atoms. The summed E-state index contributed by atoms with van der Waals surface area (Å²) < 4.78 is 6.85. The van der Waals surface area contributed by atoms with E-state index in [0.29, 0.717) is 10.8 Å². The van der Waals surface area contributed by atoms with Crippen LogP contribution in [0.5, 0.6) is 5.75 Å². The van der Waals surface area contributed by atoms with Gasteiger partial charge in [0.05, 0.1) is 17.8 Å². The van der Waals surface area contributed by atoms with Crippen LogP contribution < -0.4 is 10.5 Å². The Bertz CT molecular complexity index is 563. The maximum absolute atomic E-state index is 6.23. The first kappa shape index (κ1) is 11.8. The van der Waals surface area contributed by atoms with Gasteiger partial charge in [-0.1, -0.05) is 11.6 Å². The molecule has 0 unspecified atom stereocenters. The summed E-state index contributed by atoms with van der Waals surface area (Å²) in [6.07, 6.45) is 0. The van der Waals surface area contributed by atoms with Crippen LogP contribution in [-0.2, 0) is 7.05 Å². The van der Waals surface area contributed by atoms with Gasteiger partial charge in [0, 0.05) is 18.2 Å². The Morgan fingerprint density at radius 2 is 2.12 bits per heavy atom. The quantitative estimate of drug-likeness (QED) is 0.893. The first-order valence-electron chi connectivity index (χ1n) is 5.17. The van der Waals surface area contributed by atoms with Crippen LogP contribution in [0.3, 0.4) is 0 Å². The highest BCUT2D eigenvalue weighted by Gasteiger charge is 2.14. The molecule has 0 amide bonds. The molecule has 0 aliphatic rings. The van der Waals surface area contributed by atoms with Crippen LogP contribution in [-0.4, -0.2) is 16.9 Å². The molecular formula is C12H14ClN3O. The average molecular weight is 252 g/mol. The first-order chi connectivity index (χ1) is 8.04. The summed E-state index contributed by atoms with van der Waals surface area (Å²) in [5.74, 6) is 1.25. The van der Waals surface area contributed by atoms with Crippen molar-refractivity contribution in [2.45, 2.75) is 6.92 Å². The second kappa shape index (κ2) is 4.30. The third-order valence-corrected chi connectivity index (χ3v) is 3.06. The molecule has 0 saturated heterocycles. The Morgan fingerprint density at radius 3 is 2.59 bits per heavy atom. The number of benzene rings is 1. The molecule has 1 aromatic heterocycles. The molecule has 0 fully saturated rings. The normalized spacial score (nSPS) is 10.6. The van der Waals surface area contributed by atoms with Crippen molar-refractivity contribution in [1.29, 1.82) is 0 Å². The lowest BCUT2D eigenvalue weighted by atomic mass is 10.1. The third kappa shape index (κ3) is 1.96. The number of hydrogen-bond donors (Lipinski definition) is 1. The van der Waals surface area contributed by atoms with Gasteiger partial charge in [0.1, 0.15) is 11.6 Å². The zero-order chi connectivity index (χ0) is 12.6. The number of nitrogen functional groups attached to an aromatic ring is 1. The molecule has 2 N–H and O–H groups in total. The van der Waals surface area contributed by atoms with Crippen molar-refractivity contribution in [2.24, 2.45) is 7.05 Å². The molecule has 90 valence electrons. The Kier molecular flexibility index (Phi) is 2.98. The topological polar surface area (TPSA) is 53.1 Å². The molecule has 0 spiro atoms. The third-order valence-electron chi connectivity index (χ3n) is 2.75. The van der Waals surface area contributed by atoms with E-state index in [1.165, 1.54) is 0 Å². The SMILES string of the molecule is COc1ccc(-c2c(C)c(N)nn2C)c(Cl)c1. The maximum atomic E-state index is 6.23. The number of hydrogen-bond acceptors (Lipinski definition) is 3. The van der Waals surface area contributed by atoms with E-state index >= 15 is 0 Å². The van der Waals surface area contributed by atoms with Crippen LogP contribution in [0, 0.1) is 6.92 Å². The van der Waals surface area contributed by atoms with Gasteiger partial charge in [-0.25, -0.2) is 0 Å². The smallest absolute Gasteiger partial charge is 0.148 e. The molecule has 5 heteroatoms. The van der Waals surface area contributed by atoms with E-state index in [0.717, 1.165) is 22.6 Å². The summed E-state index contributed by atoms with van der Waals surface area (Å²) in [6, 6.07) is 5.55. The van der Waals surface area contributed by atoms with Gasteiger partial charge in [-0.2, -0.15) is 5.10 Å². The van der Waals surface area contributed by atoms with E-state index in [-0.39, 0.29) is 0 Å². The lowest BCUT2D eigenvalue weighted by Gasteiger charge is -2.08. The Morgan fingerprint density at radius 1 is 1.41 bits per heavy atom. The van der Waals surface area contributed by atoms with Crippen molar-refractivity contribution in [3.8, 4) is 17.0 Å². The molecule has 0 aliphatic carbocycles. The average Bonchev–Trinajstić information content (AvgIpc) is 2.54. The number of rotatable bonds is 2. The van der Waals surface area contributed by atoms with Crippen LogP contribution in [0.1, 0.15) is 5.56 Å². The molecule has 2 aromatic rings. The fourth-order valence-corrected chi connectivity index (χ4v) is 2.10. The van der Waals surface area contributed by atoms with Gasteiger partial charge in [-0.05, 0) is 25.1 Å². The number of anilines is 1. The fourth-order valence-electron chi connectivity index (χ4n) is 1.84. The molecule has 0 atom stereocenters. The molecule has 1 aromatic carbocycles. The number of methoxy groups -OCH3 is 1. The van der Waals surface area contributed by atoms with Crippen molar-refractivity contribution in [1.82, 2.24) is 9.78 Å². The van der Waals surface area contributed by atoms with Crippen LogP contribution in [0.25, 0.3) is 11.3 Å². The first-order valence-corrected chi connectivity index (χ1v) is 5.55. The number of halogens is 1. The lowest BCUT2D eigenvalue weighted by molar-refractivity contribution is 0.415. The number of aromatic nitrogens is 2. The monoisotopic (exact) mass is 251 g/mol. The molecule has 2 rings (SSSR count). The van der Waals surface area contributed by atoms with Crippen molar-refractivity contribution in [3.63, 3.8) is 0 Å². The molecular weight excluding hydrogens is 238 g/mol. The standard InChI is InChI=1S/C12H14ClN3O/c1-7-11(16(2)15-12(7)14)9-5-4-8(17-3)6-10(9)13/h4-6H,1-3H3,(H2,14,15). The number of aryl methyl sites for hydroxylation is 1. The molecule has 0 aliphatic heterocycles. The predicted octanol–water partition coefficient (Wildman–Crippen LogP) is 2.64. The summed E-state index contributed by atoms with van der Waals surface area (Å²) in [4.78, 5) is 0. The van der Waals surface area contributed by atoms with Crippen molar-refractivity contribution >= 4 is 17.4 Å². The van der Waals surface area contributed by atoms with Gasteiger partial charge in [-0.15, -0.1) is 0 Å². The Hall–Kier alpha value is -1.68. The summed E-state index contributed by atoms with van der Waals surface area (Å²) in [5.41, 5.74) is 8.54. The van der Waals surface area contributed by atoms with E-state index < -0.39 is 0 Å². The number of nitrogens with two attached hydrogens (primary N) is 1. The minimum atomic E-state index is 0.523. The largest absolute Gasteiger partial charge is 0.497 e. The number of nitrogens with zero attached hydrogens (tertiary/aromatic N) is 2. The van der Waals surface area contributed by atoms with Gasteiger partial charge in [0.25, 0.3) is 0 Å². The molecule has 4 nitrogen and oxygen atoms in total. The summed E-state index contributed by atoms with van der Waals surface area (Å²) in [7, 11) is 3.46. The molecule has 0 saturated carbocycles. The van der Waals surface area contributed by atoms with Crippen molar-refractivity contribution in [2.75, 3.05) is 12.8 Å². The molecule has 0 radical (unpaired) electrons. The highest BCUT2D eigenvalue weighted by molar-refractivity contribution is 6.33. The second-order valence-electron chi connectivity index (χ2n) is 3.83. The van der Waals surface area contributed by atoms with Crippen LogP contribution in [0.15, 0.2) is 18.2 Å². The minimum Gasteiger partial charge on any atom is -0.497 e. The zero-order valence-corrected chi connectivity index (χ0v) is 10.7. The van der Waals surface area contributed by atoms with E-state index in [2.05, 4.69) is 5.10 Å². The summed E-state index contributed by atoms with van der Waals surface area (Å²) in [5, 5.41) is 4.80. The van der Waals surface area contributed by atoms with E-state index in [4.69, 9.17) is 22.1 Å². The van der Waals surface area contributed by atoms with Crippen LogP contribution in [0.2, 0.25) is 5.02 Å². The van der Waals surface area contributed by atoms with Crippen molar-refractivity contribution < 1.29 is 4.74 Å². The Balaban J connectivity index is 2.60. The van der Waals surface area contributed by atoms with E-state index in [9.17, 15) is 0 Å². The molecule has 0 bridgehead atoms. The van der Waals surface area contributed by atoms with Gasteiger partial charge >= 0.3 is 0 Å². The van der Waals surface area contributed by atoms with Gasteiger partial charge in [-0.3, -0.25) is 4.68 Å². The highest BCUT2D eigenvalue weighted by atomic mass is 35.5. The van der Waals surface area contributed by atoms with Gasteiger partial charge in [0.2, 0.25) is 0 Å². The van der Waals surface area contributed by atoms with E-state index in [1.54, 1.807) is 17.9 Å². The maximum Gasteiger partial charge on any atom is 0.148 e.